The molecule has 20 heavy (non-hydrogen) atoms. The van der Waals surface area contributed by atoms with Crippen molar-refractivity contribution in [2.24, 2.45) is 0 Å². The molecule has 2 aromatic carbocycles. The molecule has 1 aromatic heterocycles. The first kappa shape index (κ1) is 13.2. The number of hydrogen-bond donors (Lipinski definition) is 1. The summed E-state index contributed by atoms with van der Waals surface area (Å²) in [6.07, 6.45) is 0. The fourth-order valence-corrected chi connectivity index (χ4v) is 2.77. The van der Waals surface area contributed by atoms with E-state index in [0.717, 1.165) is 26.6 Å². The maximum absolute atomic E-state index is 5.97. The molecule has 0 saturated heterocycles. The number of nitrogens with zero attached hydrogens (tertiary/aromatic N) is 2. The topological polar surface area (TPSA) is 51.8 Å². The summed E-state index contributed by atoms with van der Waals surface area (Å²) in [5, 5.41) is 1.63. The summed E-state index contributed by atoms with van der Waals surface area (Å²) in [6, 6.07) is 15.5. The average Bonchev–Trinajstić information content (AvgIpc) is 2.47. The molecule has 0 aliphatic heterocycles. The molecule has 0 fully saturated rings. The van der Waals surface area contributed by atoms with Gasteiger partial charge in [-0.1, -0.05) is 23.7 Å². The first-order valence-electron chi connectivity index (χ1n) is 6.12. The third kappa shape index (κ3) is 2.86. The van der Waals surface area contributed by atoms with E-state index in [2.05, 4.69) is 9.97 Å². The number of nitrogen functional groups attached to an aromatic ring is 1. The number of halogens is 1. The maximum Gasteiger partial charge on any atom is 0.141 e. The Bertz CT molecular complexity index is 744. The molecule has 0 spiro atoms. The molecule has 0 aliphatic rings. The Morgan fingerprint density at radius 2 is 1.75 bits per heavy atom. The molecule has 3 nitrogen and oxygen atoms in total. The van der Waals surface area contributed by atoms with Gasteiger partial charge in [0, 0.05) is 15.3 Å². The van der Waals surface area contributed by atoms with Crippen LogP contribution in [0.15, 0.2) is 53.4 Å². The highest BCUT2D eigenvalue weighted by molar-refractivity contribution is 7.98. The second-order valence-corrected chi connectivity index (χ2v) is 5.77. The summed E-state index contributed by atoms with van der Waals surface area (Å²) in [5.74, 6) is 1.94. The Hall–Kier alpha value is -1.78. The molecule has 0 bridgehead atoms. The van der Waals surface area contributed by atoms with E-state index >= 15 is 0 Å². The molecule has 2 N–H and O–H groups in total. The van der Waals surface area contributed by atoms with Crippen LogP contribution < -0.4 is 5.73 Å². The van der Waals surface area contributed by atoms with Crippen LogP contribution in [0.4, 0.5) is 5.82 Å². The van der Waals surface area contributed by atoms with E-state index in [0.29, 0.717) is 11.6 Å². The quantitative estimate of drug-likeness (QED) is 0.738. The Morgan fingerprint density at radius 3 is 2.55 bits per heavy atom. The molecule has 0 unspecified atom stereocenters. The second kappa shape index (κ2) is 5.69. The van der Waals surface area contributed by atoms with Gasteiger partial charge in [0.25, 0.3) is 0 Å². The Kier molecular flexibility index (Phi) is 3.76. The minimum atomic E-state index is 0.530. The monoisotopic (exact) mass is 301 g/mol. The van der Waals surface area contributed by atoms with E-state index in [1.807, 2.05) is 48.5 Å². The number of aromatic nitrogens is 2. The van der Waals surface area contributed by atoms with E-state index in [1.165, 1.54) is 0 Å². The molecule has 0 saturated carbocycles. The number of thioether (sulfide) groups is 1. The summed E-state index contributed by atoms with van der Waals surface area (Å²) >= 11 is 7.52. The lowest BCUT2D eigenvalue weighted by atomic mass is 10.2. The molecule has 3 rings (SSSR count). The highest BCUT2D eigenvalue weighted by atomic mass is 35.5. The second-order valence-electron chi connectivity index (χ2n) is 4.28. The van der Waals surface area contributed by atoms with E-state index in [-0.39, 0.29) is 0 Å². The lowest BCUT2D eigenvalue weighted by Gasteiger charge is -2.05. The van der Waals surface area contributed by atoms with E-state index in [4.69, 9.17) is 17.3 Å². The third-order valence-electron chi connectivity index (χ3n) is 2.86. The molecule has 100 valence electrons. The van der Waals surface area contributed by atoms with Gasteiger partial charge in [-0.25, -0.2) is 9.97 Å². The zero-order chi connectivity index (χ0) is 13.9. The van der Waals surface area contributed by atoms with Gasteiger partial charge < -0.3 is 5.73 Å². The van der Waals surface area contributed by atoms with Crippen molar-refractivity contribution in [3.8, 4) is 0 Å². The SMILES string of the molecule is Nc1nc(CSc2ccc(Cl)cc2)nc2ccccc12. The smallest absolute Gasteiger partial charge is 0.141 e. The first-order valence-corrected chi connectivity index (χ1v) is 7.48. The number of anilines is 1. The summed E-state index contributed by atoms with van der Waals surface area (Å²) in [4.78, 5) is 10.0. The van der Waals surface area contributed by atoms with Crippen LogP contribution in [0.25, 0.3) is 10.9 Å². The Morgan fingerprint density at radius 1 is 1.00 bits per heavy atom. The Labute approximate surface area is 126 Å². The lowest BCUT2D eigenvalue weighted by molar-refractivity contribution is 1.08. The molecular weight excluding hydrogens is 290 g/mol. The highest BCUT2D eigenvalue weighted by Gasteiger charge is 2.05. The van der Waals surface area contributed by atoms with Crippen molar-refractivity contribution in [2.45, 2.75) is 10.6 Å². The van der Waals surface area contributed by atoms with Gasteiger partial charge in [-0.3, -0.25) is 0 Å². The lowest BCUT2D eigenvalue weighted by Crippen LogP contribution is -1.99. The first-order chi connectivity index (χ1) is 9.72. The van der Waals surface area contributed by atoms with Gasteiger partial charge in [-0.2, -0.15) is 0 Å². The van der Waals surface area contributed by atoms with E-state index < -0.39 is 0 Å². The van der Waals surface area contributed by atoms with Crippen LogP contribution in [0.2, 0.25) is 5.02 Å². The molecule has 0 radical (unpaired) electrons. The van der Waals surface area contributed by atoms with Gasteiger partial charge in [0.2, 0.25) is 0 Å². The van der Waals surface area contributed by atoms with Gasteiger partial charge in [0.1, 0.15) is 11.6 Å². The van der Waals surface area contributed by atoms with Gasteiger partial charge in [0.05, 0.1) is 11.3 Å². The number of benzene rings is 2. The van der Waals surface area contributed by atoms with Crippen molar-refractivity contribution in [3.05, 3.63) is 59.4 Å². The summed E-state index contributed by atoms with van der Waals surface area (Å²) in [7, 11) is 0. The molecular formula is C15H12ClN3S. The molecule has 5 heteroatoms. The average molecular weight is 302 g/mol. The fraction of sp³-hybridized carbons (Fsp3) is 0.0667. The third-order valence-corrected chi connectivity index (χ3v) is 4.12. The van der Waals surface area contributed by atoms with Gasteiger partial charge in [0.15, 0.2) is 0 Å². The van der Waals surface area contributed by atoms with Crippen molar-refractivity contribution in [1.82, 2.24) is 9.97 Å². The van der Waals surface area contributed by atoms with Crippen molar-refractivity contribution in [1.29, 1.82) is 0 Å². The van der Waals surface area contributed by atoms with Crippen molar-refractivity contribution in [2.75, 3.05) is 5.73 Å². The van der Waals surface area contributed by atoms with Crippen LogP contribution in [-0.2, 0) is 5.75 Å². The van der Waals surface area contributed by atoms with Crippen LogP contribution in [0, 0.1) is 0 Å². The number of para-hydroxylation sites is 1. The van der Waals surface area contributed by atoms with Gasteiger partial charge in [-0.05, 0) is 36.4 Å². The zero-order valence-corrected chi connectivity index (χ0v) is 12.2. The minimum Gasteiger partial charge on any atom is -0.383 e. The summed E-state index contributed by atoms with van der Waals surface area (Å²) in [5.41, 5.74) is 6.85. The van der Waals surface area contributed by atoms with E-state index in [1.54, 1.807) is 11.8 Å². The molecule has 1 heterocycles. The molecule has 3 aromatic rings. The number of hydrogen-bond acceptors (Lipinski definition) is 4. The minimum absolute atomic E-state index is 0.530. The fourth-order valence-electron chi connectivity index (χ4n) is 1.89. The van der Waals surface area contributed by atoms with Gasteiger partial charge >= 0.3 is 0 Å². The number of fused-ring (bicyclic) bond motifs is 1. The standard InChI is InChI=1S/C15H12ClN3S/c16-10-5-7-11(8-6-10)20-9-14-18-13-4-2-1-3-12(13)15(17)19-14/h1-8H,9H2,(H2,17,18,19). The predicted octanol–water partition coefficient (Wildman–Crippen LogP) is 4.16. The van der Waals surface area contributed by atoms with Crippen molar-refractivity contribution < 1.29 is 0 Å². The predicted molar refractivity (Wildman–Crippen MR) is 85.0 cm³/mol. The van der Waals surface area contributed by atoms with E-state index in [9.17, 15) is 0 Å². The van der Waals surface area contributed by atoms with Crippen LogP contribution in [0.5, 0.6) is 0 Å². The van der Waals surface area contributed by atoms with Crippen molar-refractivity contribution in [3.63, 3.8) is 0 Å². The number of rotatable bonds is 3. The van der Waals surface area contributed by atoms with Crippen LogP contribution in [0.3, 0.4) is 0 Å². The zero-order valence-electron chi connectivity index (χ0n) is 10.6. The highest BCUT2D eigenvalue weighted by Crippen LogP contribution is 2.25. The summed E-state index contributed by atoms with van der Waals surface area (Å²) < 4.78 is 0. The van der Waals surface area contributed by atoms with Crippen molar-refractivity contribution >= 4 is 40.1 Å². The van der Waals surface area contributed by atoms with Gasteiger partial charge in [-0.15, -0.1) is 11.8 Å². The maximum atomic E-state index is 5.97. The molecule has 0 atom stereocenters. The largest absolute Gasteiger partial charge is 0.383 e. The molecule has 0 amide bonds. The van der Waals surface area contributed by atoms with Crippen LogP contribution in [-0.4, -0.2) is 9.97 Å². The van der Waals surface area contributed by atoms with Crippen LogP contribution >= 0.6 is 23.4 Å². The molecule has 0 aliphatic carbocycles. The number of nitrogens with two attached hydrogens (primary N) is 1. The Balaban J connectivity index is 1.82. The van der Waals surface area contributed by atoms with Crippen LogP contribution in [0.1, 0.15) is 5.82 Å². The normalized spacial score (nSPS) is 10.8. The summed E-state index contributed by atoms with van der Waals surface area (Å²) in [6.45, 7) is 0.